The average Bonchev–Trinajstić information content (AvgIpc) is 2.47. The lowest BCUT2D eigenvalue weighted by molar-refractivity contribution is 0.586. The first-order valence-electron chi connectivity index (χ1n) is 6.97. The molecule has 21 heavy (non-hydrogen) atoms. The zero-order valence-corrected chi connectivity index (χ0v) is 12.7. The van der Waals surface area contributed by atoms with Gasteiger partial charge in [-0.25, -0.2) is 8.42 Å². The SMILES string of the molecule is Cc1ccc(S(=O)(=O)N2CCCc3c(N)cccc32)cc1. The number of hydrogen-bond acceptors (Lipinski definition) is 3. The molecule has 0 saturated heterocycles. The molecule has 0 fully saturated rings. The summed E-state index contributed by atoms with van der Waals surface area (Å²) in [6, 6.07) is 12.4. The Balaban J connectivity index is 2.10. The molecule has 2 aromatic carbocycles. The fourth-order valence-corrected chi connectivity index (χ4v) is 4.24. The van der Waals surface area contributed by atoms with Gasteiger partial charge in [-0.2, -0.15) is 0 Å². The Morgan fingerprint density at radius 2 is 1.81 bits per heavy atom. The van der Waals surface area contributed by atoms with Crippen molar-refractivity contribution in [3.05, 3.63) is 53.6 Å². The van der Waals surface area contributed by atoms with Gasteiger partial charge in [0.05, 0.1) is 10.6 Å². The average molecular weight is 302 g/mol. The molecule has 0 atom stereocenters. The van der Waals surface area contributed by atoms with Gasteiger partial charge in [0.15, 0.2) is 0 Å². The molecule has 2 N–H and O–H groups in total. The molecule has 0 bridgehead atoms. The molecule has 4 nitrogen and oxygen atoms in total. The summed E-state index contributed by atoms with van der Waals surface area (Å²) in [6.45, 7) is 2.43. The molecule has 0 saturated carbocycles. The molecule has 110 valence electrons. The highest BCUT2D eigenvalue weighted by Crippen LogP contribution is 2.34. The summed E-state index contributed by atoms with van der Waals surface area (Å²) < 4.78 is 27.2. The quantitative estimate of drug-likeness (QED) is 0.868. The van der Waals surface area contributed by atoms with Crippen molar-refractivity contribution >= 4 is 21.4 Å². The van der Waals surface area contributed by atoms with E-state index >= 15 is 0 Å². The van der Waals surface area contributed by atoms with Gasteiger partial charge in [0, 0.05) is 12.2 Å². The maximum atomic E-state index is 12.9. The van der Waals surface area contributed by atoms with Gasteiger partial charge in [-0.3, -0.25) is 4.31 Å². The summed E-state index contributed by atoms with van der Waals surface area (Å²) in [5.41, 5.74) is 9.33. The van der Waals surface area contributed by atoms with Crippen LogP contribution in [0.1, 0.15) is 17.5 Å². The molecule has 0 unspecified atom stereocenters. The zero-order valence-electron chi connectivity index (χ0n) is 11.9. The Labute approximate surface area is 125 Å². The molecule has 3 rings (SSSR count). The fraction of sp³-hybridized carbons (Fsp3) is 0.250. The highest BCUT2D eigenvalue weighted by atomic mass is 32.2. The van der Waals surface area contributed by atoms with Crippen LogP contribution in [-0.2, 0) is 16.4 Å². The van der Waals surface area contributed by atoms with Gasteiger partial charge in [-0.05, 0) is 49.6 Å². The molecule has 0 aliphatic carbocycles. The third-order valence-electron chi connectivity index (χ3n) is 3.85. The molecule has 0 aromatic heterocycles. The summed E-state index contributed by atoms with van der Waals surface area (Å²) in [5, 5.41) is 0. The highest BCUT2D eigenvalue weighted by Gasteiger charge is 2.29. The predicted molar refractivity (Wildman–Crippen MR) is 84.9 cm³/mol. The van der Waals surface area contributed by atoms with E-state index < -0.39 is 10.0 Å². The smallest absolute Gasteiger partial charge is 0.264 e. The van der Waals surface area contributed by atoms with E-state index in [0.29, 0.717) is 22.8 Å². The lowest BCUT2D eigenvalue weighted by Crippen LogP contribution is -2.35. The Bertz CT molecular complexity index is 767. The third kappa shape index (κ3) is 2.38. The first kappa shape index (κ1) is 13.9. The number of nitrogen functional groups attached to an aromatic ring is 1. The van der Waals surface area contributed by atoms with Crippen molar-refractivity contribution in [3.63, 3.8) is 0 Å². The second-order valence-corrected chi connectivity index (χ2v) is 7.20. The second kappa shape index (κ2) is 5.07. The van der Waals surface area contributed by atoms with Crippen molar-refractivity contribution in [1.29, 1.82) is 0 Å². The van der Waals surface area contributed by atoms with Crippen LogP contribution in [-0.4, -0.2) is 15.0 Å². The molecule has 1 heterocycles. The number of sulfonamides is 1. The topological polar surface area (TPSA) is 63.4 Å². The van der Waals surface area contributed by atoms with E-state index in [4.69, 9.17) is 5.73 Å². The summed E-state index contributed by atoms with van der Waals surface area (Å²) in [7, 11) is -3.53. The predicted octanol–water partition coefficient (Wildman–Crippen LogP) is 2.72. The molecular weight excluding hydrogens is 284 g/mol. The van der Waals surface area contributed by atoms with Crippen LogP contribution in [0.25, 0.3) is 0 Å². The Hall–Kier alpha value is -2.01. The van der Waals surface area contributed by atoms with E-state index in [1.54, 1.807) is 18.2 Å². The molecule has 0 amide bonds. The van der Waals surface area contributed by atoms with E-state index in [9.17, 15) is 8.42 Å². The van der Waals surface area contributed by atoms with Gasteiger partial charge < -0.3 is 5.73 Å². The van der Waals surface area contributed by atoms with Crippen LogP contribution in [0, 0.1) is 6.92 Å². The monoisotopic (exact) mass is 302 g/mol. The molecule has 2 aromatic rings. The molecule has 1 aliphatic rings. The van der Waals surface area contributed by atoms with Crippen LogP contribution >= 0.6 is 0 Å². The maximum absolute atomic E-state index is 12.9. The van der Waals surface area contributed by atoms with Crippen LogP contribution < -0.4 is 10.0 Å². The number of benzene rings is 2. The number of aryl methyl sites for hydroxylation is 1. The van der Waals surface area contributed by atoms with Gasteiger partial charge in [0.25, 0.3) is 10.0 Å². The number of rotatable bonds is 2. The molecule has 1 aliphatic heterocycles. The van der Waals surface area contributed by atoms with Crippen molar-refractivity contribution in [3.8, 4) is 0 Å². The Morgan fingerprint density at radius 3 is 2.52 bits per heavy atom. The van der Waals surface area contributed by atoms with Crippen LogP contribution in [0.5, 0.6) is 0 Å². The first-order valence-corrected chi connectivity index (χ1v) is 8.41. The highest BCUT2D eigenvalue weighted by molar-refractivity contribution is 7.92. The van der Waals surface area contributed by atoms with Crippen molar-refractivity contribution in [2.24, 2.45) is 0 Å². The number of hydrogen-bond donors (Lipinski definition) is 1. The van der Waals surface area contributed by atoms with E-state index in [0.717, 1.165) is 24.0 Å². The molecule has 5 heteroatoms. The minimum atomic E-state index is -3.53. The summed E-state index contributed by atoms with van der Waals surface area (Å²) in [6.07, 6.45) is 1.61. The molecule has 0 spiro atoms. The van der Waals surface area contributed by atoms with Crippen LogP contribution in [0.4, 0.5) is 11.4 Å². The van der Waals surface area contributed by atoms with E-state index in [-0.39, 0.29) is 0 Å². The second-order valence-electron chi connectivity index (χ2n) is 5.34. The largest absolute Gasteiger partial charge is 0.398 e. The number of nitrogens with two attached hydrogens (primary N) is 1. The molecule has 0 radical (unpaired) electrons. The normalized spacial score (nSPS) is 14.8. The van der Waals surface area contributed by atoms with Crippen molar-refractivity contribution in [2.45, 2.75) is 24.7 Å². The zero-order chi connectivity index (χ0) is 15.0. The van der Waals surface area contributed by atoms with Crippen molar-refractivity contribution < 1.29 is 8.42 Å². The van der Waals surface area contributed by atoms with Crippen molar-refractivity contribution in [1.82, 2.24) is 0 Å². The number of anilines is 2. The van der Waals surface area contributed by atoms with Crippen LogP contribution in [0.2, 0.25) is 0 Å². The lowest BCUT2D eigenvalue weighted by Gasteiger charge is -2.31. The fourth-order valence-electron chi connectivity index (χ4n) is 2.71. The van der Waals surface area contributed by atoms with E-state index in [2.05, 4.69) is 0 Å². The van der Waals surface area contributed by atoms with E-state index in [1.807, 2.05) is 31.2 Å². The van der Waals surface area contributed by atoms with Crippen LogP contribution in [0.3, 0.4) is 0 Å². The van der Waals surface area contributed by atoms with Crippen LogP contribution in [0.15, 0.2) is 47.4 Å². The standard InChI is InChI=1S/C16H18N2O2S/c1-12-7-9-13(10-8-12)21(19,20)18-11-3-4-14-15(17)5-2-6-16(14)18/h2,5-10H,3-4,11,17H2,1H3. The Kier molecular flexibility index (Phi) is 3.37. The minimum absolute atomic E-state index is 0.323. The number of nitrogens with zero attached hydrogens (tertiary/aromatic N) is 1. The minimum Gasteiger partial charge on any atom is -0.398 e. The van der Waals surface area contributed by atoms with Gasteiger partial charge >= 0.3 is 0 Å². The summed E-state index contributed by atoms with van der Waals surface area (Å²) >= 11 is 0. The summed E-state index contributed by atoms with van der Waals surface area (Å²) in [5.74, 6) is 0. The van der Waals surface area contributed by atoms with Gasteiger partial charge in [-0.15, -0.1) is 0 Å². The van der Waals surface area contributed by atoms with E-state index in [1.165, 1.54) is 4.31 Å². The van der Waals surface area contributed by atoms with Gasteiger partial charge in [0.1, 0.15) is 0 Å². The first-order chi connectivity index (χ1) is 10.00. The van der Waals surface area contributed by atoms with Gasteiger partial charge in [0.2, 0.25) is 0 Å². The third-order valence-corrected chi connectivity index (χ3v) is 5.68. The summed E-state index contributed by atoms with van der Waals surface area (Å²) in [4.78, 5) is 0.323. The Morgan fingerprint density at radius 1 is 1.10 bits per heavy atom. The van der Waals surface area contributed by atoms with Crippen molar-refractivity contribution in [2.75, 3.05) is 16.6 Å². The number of fused-ring (bicyclic) bond motifs is 1. The lowest BCUT2D eigenvalue weighted by atomic mass is 10.0. The molecular formula is C16H18N2O2S. The maximum Gasteiger partial charge on any atom is 0.264 e. The van der Waals surface area contributed by atoms with Gasteiger partial charge in [-0.1, -0.05) is 23.8 Å².